The van der Waals surface area contributed by atoms with Gasteiger partial charge in [-0.1, -0.05) is 23.7 Å². The van der Waals surface area contributed by atoms with Gasteiger partial charge >= 0.3 is 0 Å². The number of carbonyl (C=O) groups is 2. The normalized spacial score (nSPS) is 13.9. The topological polar surface area (TPSA) is 70.7 Å². The molecule has 0 bridgehead atoms. The van der Waals surface area contributed by atoms with Crippen LogP contribution in [0.25, 0.3) is 0 Å². The number of anilines is 2. The molecule has 1 aliphatic rings. The molecule has 6 nitrogen and oxygen atoms in total. The van der Waals surface area contributed by atoms with Crippen LogP contribution >= 0.6 is 11.6 Å². The van der Waals surface area contributed by atoms with Gasteiger partial charge in [-0.2, -0.15) is 0 Å². The van der Waals surface area contributed by atoms with Crippen LogP contribution in [0.1, 0.15) is 22.8 Å². The van der Waals surface area contributed by atoms with Gasteiger partial charge in [0, 0.05) is 37.3 Å². The van der Waals surface area contributed by atoms with E-state index in [0.717, 1.165) is 11.3 Å². The summed E-state index contributed by atoms with van der Waals surface area (Å²) < 4.78 is 5.41. The van der Waals surface area contributed by atoms with Crippen LogP contribution in [-0.2, 0) is 16.1 Å². The first kappa shape index (κ1) is 19.2. The summed E-state index contributed by atoms with van der Waals surface area (Å²) in [6, 6.07) is 12.7. The van der Waals surface area contributed by atoms with E-state index in [-0.39, 0.29) is 11.8 Å². The maximum absolute atomic E-state index is 12.8. The van der Waals surface area contributed by atoms with Gasteiger partial charge in [-0.05, 0) is 35.9 Å². The largest absolute Gasteiger partial charge is 0.378 e. The molecule has 0 radical (unpaired) electrons. The summed E-state index contributed by atoms with van der Waals surface area (Å²) in [7, 11) is 0. The van der Waals surface area contributed by atoms with E-state index in [1.54, 1.807) is 24.3 Å². The van der Waals surface area contributed by atoms with Crippen LogP contribution in [0.3, 0.4) is 0 Å². The Balaban J connectivity index is 1.80. The molecule has 2 aromatic rings. The van der Waals surface area contributed by atoms with Gasteiger partial charge in [0.1, 0.15) is 0 Å². The second kappa shape index (κ2) is 8.88. The number of nitrogens with one attached hydrogen (secondary N) is 2. The van der Waals surface area contributed by atoms with Crippen molar-refractivity contribution in [2.45, 2.75) is 13.5 Å². The predicted octanol–water partition coefficient (Wildman–Crippen LogP) is 3.07. The third kappa shape index (κ3) is 5.21. The Kier molecular flexibility index (Phi) is 6.32. The van der Waals surface area contributed by atoms with Crippen LogP contribution in [-0.4, -0.2) is 38.1 Å². The monoisotopic (exact) mass is 387 g/mol. The van der Waals surface area contributed by atoms with Crippen molar-refractivity contribution in [3.63, 3.8) is 0 Å². The molecule has 1 saturated heterocycles. The van der Waals surface area contributed by atoms with Gasteiger partial charge in [0.15, 0.2) is 0 Å². The number of halogens is 1. The van der Waals surface area contributed by atoms with Crippen molar-refractivity contribution in [2.24, 2.45) is 0 Å². The molecule has 1 fully saturated rings. The number of ether oxygens (including phenoxy) is 1. The fourth-order valence-corrected chi connectivity index (χ4v) is 3.08. The maximum atomic E-state index is 12.8. The number of hydrogen-bond donors (Lipinski definition) is 2. The van der Waals surface area contributed by atoms with E-state index < -0.39 is 0 Å². The molecule has 2 amide bonds. The molecule has 0 saturated carbocycles. The smallest absolute Gasteiger partial charge is 0.253 e. The lowest BCUT2D eigenvalue weighted by molar-refractivity contribution is -0.114. The zero-order chi connectivity index (χ0) is 19.2. The second-order valence-electron chi connectivity index (χ2n) is 6.32. The fourth-order valence-electron chi connectivity index (χ4n) is 2.95. The van der Waals surface area contributed by atoms with E-state index in [0.29, 0.717) is 49.1 Å². The molecule has 142 valence electrons. The number of rotatable bonds is 5. The molecule has 1 aliphatic heterocycles. The molecule has 2 aromatic carbocycles. The lowest BCUT2D eigenvalue weighted by atomic mass is 10.1. The first-order valence-corrected chi connectivity index (χ1v) is 9.18. The fraction of sp³-hybridized carbons (Fsp3) is 0.300. The van der Waals surface area contributed by atoms with Crippen LogP contribution in [0.4, 0.5) is 11.4 Å². The summed E-state index contributed by atoms with van der Waals surface area (Å²) in [6.45, 7) is 4.47. The summed E-state index contributed by atoms with van der Waals surface area (Å²) in [5.41, 5.74) is 2.99. The molecule has 1 heterocycles. The van der Waals surface area contributed by atoms with Gasteiger partial charge in [-0.15, -0.1) is 0 Å². The highest BCUT2D eigenvalue weighted by Crippen LogP contribution is 2.26. The molecule has 0 unspecified atom stereocenters. The average molecular weight is 388 g/mol. The SMILES string of the molecule is CC(=O)Nc1ccc(C(=O)NCc2ccc(Cl)cc2)c(N2CCOCC2)c1. The van der Waals surface area contributed by atoms with E-state index in [2.05, 4.69) is 15.5 Å². The Morgan fingerprint density at radius 1 is 1.11 bits per heavy atom. The number of morpholine rings is 1. The zero-order valence-electron chi connectivity index (χ0n) is 15.1. The van der Waals surface area contributed by atoms with E-state index in [9.17, 15) is 9.59 Å². The third-order valence-corrected chi connectivity index (χ3v) is 4.53. The molecule has 0 spiro atoms. The quantitative estimate of drug-likeness (QED) is 0.827. The van der Waals surface area contributed by atoms with Crippen molar-refractivity contribution >= 4 is 34.8 Å². The Morgan fingerprint density at radius 2 is 1.81 bits per heavy atom. The van der Waals surface area contributed by atoms with Crippen molar-refractivity contribution < 1.29 is 14.3 Å². The standard InChI is InChI=1S/C20H22ClN3O3/c1-14(25)23-17-6-7-18(19(12-17)24-8-10-27-11-9-24)20(26)22-13-15-2-4-16(21)5-3-15/h2-7,12H,8-11,13H2,1H3,(H,22,26)(H,23,25). The lowest BCUT2D eigenvalue weighted by Gasteiger charge is -2.30. The van der Waals surface area contributed by atoms with Gasteiger partial charge in [0.25, 0.3) is 5.91 Å². The number of carbonyl (C=O) groups excluding carboxylic acids is 2. The van der Waals surface area contributed by atoms with Crippen molar-refractivity contribution in [3.05, 3.63) is 58.6 Å². The number of amides is 2. The van der Waals surface area contributed by atoms with Crippen molar-refractivity contribution in [1.82, 2.24) is 5.32 Å². The second-order valence-corrected chi connectivity index (χ2v) is 6.76. The van der Waals surface area contributed by atoms with Crippen LogP contribution in [0.15, 0.2) is 42.5 Å². The summed E-state index contributed by atoms with van der Waals surface area (Å²) in [6.07, 6.45) is 0. The molecule has 0 atom stereocenters. The molecule has 3 rings (SSSR count). The first-order valence-electron chi connectivity index (χ1n) is 8.80. The minimum atomic E-state index is -0.166. The van der Waals surface area contributed by atoms with Crippen LogP contribution in [0.2, 0.25) is 5.02 Å². The highest BCUT2D eigenvalue weighted by molar-refractivity contribution is 6.30. The summed E-state index contributed by atoms with van der Waals surface area (Å²) >= 11 is 5.89. The highest BCUT2D eigenvalue weighted by Gasteiger charge is 2.19. The highest BCUT2D eigenvalue weighted by atomic mass is 35.5. The Morgan fingerprint density at radius 3 is 2.48 bits per heavy atom. The Bertz CT molecular complexity index is 818. The van der Waals surface area contributed by atoms with Gasteiger partial charge in [-0.3, -0.25) is 9.59 Å². The van der Waals surface area contributed by atoms with E-state index in [4.69, 9.17) is 16.3 Å². The van der Waals surface area contributed by atoms with Crippen molar-refractivity contribution in [2.75, 3.05) is 36.5 Å². The number of hydrogen-bond acceptors (Lipinski definition) is 4. The molecule has 7 heteroatoms. The van der Waals surface area contributed by atoms with Gasteiger partial charge in [0.05, 0.1) is 24.5 Å². The predicted molar refractivity (Wildman–Crippen MR) is 106 cm³/mol. The summed E-state index contributed by atoms with van der Waals surface area (Å²) in [5.74, 6) is -0.316. The number of nitrogens with zero attached hydrogens (tertiary/aromatic N) is 1. The van der Waals surface area contributed by atoms with Crippen molar-refractivity contribution in [3.8, 4) is 0 Å². The van der Waals surface area contributed by atoms with E-state index in [1.165, 1.54) is 6.92 Å². The van der Waals surface area contributed by atoms with Gasteiger partial charge in [0.2, 0.25) is 5.91 Å². The molecule has 0 aliphatic carbocycles. The average Bonchev–Trinajstić information content (AvgIpc) is 2.67. The van der Waals surface area contributed by atoms with E-state index in [1.807, 2.05) is 18.2 Å². The molecular formula is C20H22ClN3O3. The van der Waals surface area contributed by atoms with Gasteiger partial charge < -0.3 is 20.3 Å². The molecule has 27 heavy (non-hydrogen) atoms. The molecule has 2 N–H and O–H groups in total. The van der Waals surface area contributed by atoms with Gasteiger partial charge in [-0.25, -0.2) is 0 Å². The first-order chi connectivity index (χ1) is 13.0. The Hall–Kier alpha value is -2.57. The minimum Gasteiger partial charge on any atom is -0.378 e. The van der Waals surface area contributed by atoms with Crippen LogP contribution in [0.5, 0.6) is 0 Å². The third-order valence-electron chi connectivity index (χ3n) is 4.28. The summed E-state index contributed by atoms with van der Waals surface area (Å²) in [5, 5.41) is 6.38. The zero-order valence-corrected chi connectivity index (χ0v) is 15.9. The Labute approximate surface area is 163 Å². The van der Waals surface area contributed by atoms with Crippen LogP contribution in [0, 0.1) is 0 Å². The lowest BCUT2D eigenvalue weighted by Crippen LogP contribution is -2.38. The summed E-state index contributed by atoms with van der Waals surface area (Å²) in [4.78, 5) is 26.3. The molecular weight excluding hydrogens is 366 g/mol. The molecule has 0 aromatic heterocycles. The maximum Gasteiger partial charge on any atom is 0.253 e. The van der Waals surface area contributed by atoms with Crippen LogP contribution < -0.4 is 15.5 Å². The van der Waals surface area contributed by atoms with E-state index >= 15 is 0 Å². The minimum absolute atomic E-state index is 0.150. The number of benzene rings is 2. The van der Waals surface area contributed by atoms with Crippen molar-refractivity contribution in [1.29, 1.82) is 0 Å².